The van der Waals surface area contributed by atoms with Crippen LogP contribution in [-0.4, -0.2) is 12.7 Å². The second-order valence-electron chi connectivity index (χ2n) is 4.51. The lowest BCUT2D eigenvalue weighted by Crippen LogP contribution is -2.13. The van der Waals surface area contributed by atoms with Crippen LogP contribution in [0.4, 0.5) is 9.80 Å². The number of nitrogens with zero attached hydrogens (tertiary/aromatic N) is 1. The molecule has 1 aliphatic rings. The summed E-state index contributed by atoms with van der Waals surface area (Å²) in [5.41, 5.74) is 1.74. The average Bonchev–Trinajstić information content (AvgIpc) is 2.65. The van der Waals surface area contributed by atoms with Gasteiger partial charge in [0.25, 0.3) is 0 Å². The molecule has 0 spiro atoms. The predicted octanol–water partition coefficient (Wildman–Crippen LogP) is 3.31. The minimum absolute atomic E-state index is 0.329. The van der Waals surface area contributed by atoms with E-state index in [9.17, 15) is 10.1 Å². The number of rotatable bonds is 2. The molecule has 1 heterocycles. The van der Waals surface area contributed by atoms with Crippen molar-refractivity contribution in [3.8, 4) is 6.07 Å². The Hall–Kier alpha value is -1.54. The van der Waals surface area contributed by atoms with Crippen LogP contribution in [0.15, 0.2) is 0 Å². The third kappa shape index (κ3) is 2.49. The normalized spacial score (nSPS) is 17.7. The van der Waals surface area contributed by atoms with Crippen LogP contribution in [0.25, 0.3) is 0 Å². The molecule has 0 fully saturated rings. The largest absolute Gasteiger partial charge is 0.450 e. The van der Waals surface area contributed by atoms with Gasteiger partial charge >= 0.3 is 6.09 Å². The van der Waals surface area contributed by atoms with Crippen LogP contribution in [0.1, 0.15) is 36.3 Å². The first-order chi connectivity index (χ1) is 8.65. The highest BCUT2D eigenvalue weighted by Gasteiger charge is 2.24. The van der Waals surface area contributed by atoms with Crippen LogP contribution in [0.2, 0.25) is 0 Å². The van der Waals surface area contributed by atoms with Crippen LogP contribution in [0, 0.1) is 17.2 Å². The van der Waals surface area contributed by atoms with Crippen molar-refractivity contribution in [2.75, 3.05) is 11.9 Å². The first kappa shape index (κ1) is 12.9. The highest BCUT2D eigenvalue weighted by atomic mass is 32.1. The van der Waals surface area contributed by atoms with Crippen LogP contribution < -0.4 is 5.32 Å². The molecule has 0 aromatic carbocycles. The Morgan fingerprint density at radius 3 is 3.11 bits per heavy atom. The van der Waals surface area contributed by atoms with Crippen LogP contribution in [0.5, 0.6) is 0 Å². The molecule has 96 valence electrons. The maximum absolute atomic E-state index is 11.4. The quantitative estimate of drug-likeness (QED) is 0.891. The number of nitriles is 1. The first-order valence-electron chi connectivity index (χ1n) is 6.14. The van der Waals surface area contributed by atoms with Crippen molar-refractivity contribution < 1.29 is 9.53 Å². The van der Waals surface area contributed by atoms with Crippen molar-refractivity contribution in [2.24, 2.45) is 5.92 Å². The van der Waals surface area contributed by atoms with Crippen LogP contribution >= 0.6 is 11.3 Å². The Morgan fingerprint density at radius 2 is 2.44 bits per heavy atom. The van der Waals surface area contributed by atoms with Crippen molar-refractivity contribution in [3.63, 3.8) is 0 Å². The third-order valence-electron chi connectivity index (χ3n) is 3.11. The zero-order valence-corrected chi connectivity index (χ0v) is 11.4. The van der Waals surface area contributed by atoms with E-state index in [1.54, 1.807) is 6.92 Å². The Bertz CT molecular complexity index is 502. The molecular formula is C13H16N2O2S. The number of carbonyl (C=O) groups excluding carboxylic acids is 1. The molecular weight excluding hydrogens is 248 g/mol. The minimum atomic E-state index is -0.486. The second-order valence-corrected chi connectivity index (χ2v) is 5.62. The summed E-state index contributed by atoms with van der Waals surface area (Å²) in [5.74, 6) is 0.651. The smallest absolute Gasteiger partial charge is 0.412 e. The summed E-state index contributed by atoms with van der Waals surface area (Å²) in [6, 6.07) is 2.21. The summed E-state index contributed by atoms with van der Waals surface area (Å²) in [6.45, 7) is 4.30. The molecule has 1 aliphatic carbocycles. The van der Waals surface area contributed by atoms with E-state index < -0.39 is 6.09 Å². The van der Waals surface area contributed by atoms with Crippen molar-refractivity contribution in [2.45, 2.75) is 33.1 Å². The highest BCUT2D eigenvalue weighted by molar-refractivity contribution is 7.16. The predicted molar refractivity (Wildman–Crippen MR) is 70.9 cm³/mol. The Balaban J connectivity index is 2.26. The number of nitrogens with one attached hydrogen (secondary N) is 1. The van der Waals surface area contributed by atoms with E-state index in [0.717, 1.165) is 24.8 Å². The molecule has 0 bridgehead atoms. The summed E-state index contributed by atoms with van der Waals surface area (Å²) in [6.07, 6.45) is 2.55. The summed E-state index contributed by atoms with van der Waals surface area (Å²) in [5, 5.41) is 12.5. The lowest BCUT2D eigenvalue weighted by molar-refractivity contribution is 0.168. The number of anilines is 1. The molecule has 2 rings (SSSR count). The minimum Gasteiger partial charge on any atom is -0.450 e. The van der Waals surface area contributed by atoms with E-state index in [2.05, 4.69) is 18.3 Å². The number of thiophene rings is 1. The number of fused-ring (bicyclic) bond motifs is 1. The molecule has 0 radical (unpaired) electrons. The zero-order chi connectivity index (χ0) is 13.1. The lowest BCUT2D eigenvalue weighted by atomic mass is 9.89. The van der Waals surface area contributed by atoms with E-state index >= 15 is 0 Å². The fraction of sp³-hybridized carbons (Fsp3) is 0.538. The van der Waals surface area contributed by atoms with Crippen molar-refractivity contribution >= 4 is 22.4 Å². The van der Waals surface area contributed by atoms with Gasteiger partial charge in [0.15, 0.2) is 0 Å². The Kier molecular flexibility index (Phi) is 3.87. The van der Waals surface area contributed by atoms with E-state index in [1.807, 2.05) is 0 Å². The van der Waals surface area contributed by atoms with Gasteiger partial charge in [-0.2, -0.15) is 5.26 Å². The fourth-order valence-corrected chi connectivity index (χ4v) is 3.56. The van der Waals surface area contributed by atoms with E-state index in [0.29, 0.717) is 23.1 Å². The SMILES string of the molecule is CCOC(=O)Nc1sc2c(c1C#N)CC[C@@H](C)C2. The maximum atomic E-state index is 11.4. The topological polar surface area (TPSA) is 62.1 Å². The van der Waals surface area contributed by atoms with Crippen LogP contribution in [0.3, 0.4) is 0 Å². The first-order valence-corrected chi connectivity index (χ1v) is 6.95. The molecule has 1 amide bonds. The van der Waals surface area contributed by atoms with Gasteiger partial charge in [-0.05, 0) is 37.7 Å². The van der Waals surface area contributed by atoms with Crippen molar-refractivity contribution in [1.82, 2.24) is 0 Å². The molecule has 1 N–H and O–H groups in total. The molecule has 5 heteroatoms. The van der Waals surface area contributed by atoms with Crippen LogP contribution in [-0.2, 0) is 17.6 Å². The van der Waals surface area contributed by atoms with Gasteiger partial charge in [0, 0.05) is 4.88 Å². The van der Waals surface area contributed by atoms with E-state index in [4.69, 9.17) is 4.74 Å². The third-order valence-corrected chi connectivity index (χ3v) is 4.28. The van der Waals surface area contributed by atoms with Crippen molar-refractivity contribution in [3.05, 3.63) is 16.0 Å². The number of amides is 1. The highest BCUT2D eigenvalue weighted by Crippen LogP contribution is 2.39. The summed E-state index contributed by atoms with van der Waals surface area (Å²) in [7, 11) is 0. The van der Waals surface area contributed by atoms with Gasteiger partial charge < -0.3 is 4.74 Å². The van der Waals surface area contributed by atoms with E-state index in [1.165, 1.54) is 16.2 Å². The number of ether oxygens (including phenoxy) is 1. The molecule has 1 aromatic heterocycles. The Labute approximate surface area is 111 Å². The monoisotopic (exact) mass is 264 g/mol. The average molecular weight is 264 g/mol. The number of hydrogen-bond acceptors (Lipinski definition) is 4. The van der Waals surface area contributed by atoms with Gasteiger partial charge in [-0.1, -0.05) is 6.92 Å². The second kappa shape index (κ2) is 5.40. The fourth-order valence-electron chi connectivity index (χ4n) is 2.22. The van der Waals surface area contributed by atoms with Crippen molar-refractivity contribution in [1.29, 1.82) is 5.26 Å². The molecule has 0 unspecified atom stereocenters. The molecule has 1 aromatic rings. The molecule has 18 heavy (non-hydrogen) atoms. The molecule has 4 nitrogen and oxygen atoms in total. The summed E-state index contributed by atoms with van der Waals surface area (Å²) in [4.78, 5) is 12.7. The van der Waals surface area contributed by atoms with Gasteiger partial charge in [-0.3, -0.25) is 5.32 Å². The van der Waals surface area contributed by atoms with Gasteiger partial charge in [0.1, 0.15) is 11.1 Å². The van der Waals surface area contributed by atoms with Gasteiger partial charge in [-0.25, -0.2) is 4.79 Å². The Morgan fingerprint density at radius 1 is 1.67 bits per heavy atom. The molecule has 1 atom stereocenters. The summed E-state index contributed by atoms with van der Waals surface area (Å²) < 4.78 is 4.85. The standard InChI is InChI=1S/C13H16N2O2S/c1-3-17-13(16)15-12-10(7-14)9-5-4-8(2)6-11(9)18-12/h8H,3-6H2,1-2H3,(H,15,16)/t8-/m1/s1. The van der Waals surface area contributed by atoms with Gasteiger partial charge in [0.05, 0.1) is 12.2 Å². The zero-order valence-electron chi connectivity index (χ0n) is 10.6. The number of carbonyl (C=O) groups is 1. The molecule has 0 aliphatic heterocycles. The molecule has 0 saturated heterocycles. The van der Waals surface area contributed by atoms with E-state index in [-0.39, 0.29) is 0 Å². The number of hydrogen-bond donors (Lipinski definition) is 1. The van der Waals surface area contributed by atoms with Gasteiger partial charge in [-0.15, -0.1) is 11.3 Å². The maximum Gasteiger partial charge on any atom is 0.412 e. The lowest BCUT2D eigenvalue weighted by Gasteiger charge is -2.17. The molecule has 0 saturated carbocycles. The van der Waals surface area contributed by atoms with Gasteiger partial charge in [0.2, 0.25) is 0 Å². The summed E-state index contributed by atoms with van der Waals surface area (Å²) >= 11 is 1.51.